The van der Waals surface area contributed by atoms with Crippen LogP contribution in [0.15, 0.2) is 23.8 Å². The summed E-state index contributed by atoms with van der Waals surface area (Å²) in [5.74, 6) is 0.561. The predicted molar refractivity (Wildman–Crippen MR) is 74.8 cm³/mol. The molecule has 3 aromatic rings. The fourth-order valence-corrected chi connectivity index (χ4v) is 2.94. The number of anilines is 1. The number of nitrogens with zero attached hydrogens (tertiary/aromatic N) is 3. The molecule has 0 fully saturated rings. The van der Waals surface area contributed by atoms with E-state index in [4.69, 9.17) is 5.73 Å². The third-order valence-electron chi connectivity index (χ3n) is 3.33. The minimum Gasteiger partial charge on any atom is -0.383 e. The van der Waals surface area contributed by atoms with Gasteiger partial charge in [-0.05, 0) is 30.9 Å². The number of aryl methyl sites for hydroxylation is 1. The lowest BCUT2D eigenvalue weighted by Gasteiger charge is -2.05. The van der Waals surface area contributed by atoms with Crippen LogP contribution in [0.5, 0.6) is 0 Å². The van der Waals surface area contributed by atoms with E-state index in [1.54, 1.807) is 11.3 Å². The number of nitrogens with two attached hydrogens (primary N) is 1. The van der Waals surface area contributed by atoms with Gasteiger partial charge in [0.2, 0.25) is 0 Å². The highest BCUT2D eigenvalue weighted by Gasteiger charge is 2.15. The molecule has 0 aliphatic heterocycles. The Bertz CT molecular complexity index is 697. The predicted octanol–water partition coefficient (Wildman–Crippen LogP) is 2.74. The first-order valence-corrected chi connectivity index (χ1v) is 6.64. The highest BCUT2D eigenvalue weighted by atomic mass is 32.1. The molecule has 0 saturated carbocycles. The van der Waals surface area contributed by atoms with Gasteiger partial charge < -0.3 is 10.3 Å². The molecule has 0 aromatic carbocycles. The maximum absolute atomic E-state index is 5.95. The van der Waals surface area contributed by atoms with Crippen molar-refractivity contribution < 1.29 is 0 Å². The van der Waals surface area contributed by atoms with E-state index in [9.17, 15) is 0 Å². The molecule has 0 amide bonds. The standard InChI is InChI=1S/C13H14N4S/c1-8-9(2)17(6-10-4-3-5-18-10)13-11(8)12(14)15-7-16-13/h3-5,7H,6H2,1-2H3,(H2,14,15,16). The van der Waals surface area contributed by atoms with Gasteiger partial charge in [0.1, 0.15) is 17.8 Å². The van der Waals surface area contributed by atoms with Crippen molar-refractivity contribution in [2.75, 3.05) is 5.73 Å². The van der Waals surface area contributed by atoms with E-state index in [-0.39, 0.29) is 0 Å². The van der Waals surface area contributed by atoms with Crippen molar-refractivity contribution in [3.05, 3.63) is 40.0 Å². The summed E-state index contributed by atoms with van der Waals surface area (Å²) in [6.45, 7) is 5.01. The van der Waals surface area contributed by atoms with Crippen LogP contribution in [0.4, 0.5) is 5.82 Å². The van der Waals surface area contributed by atoms with E-state index in [1.807, 2.05) is 0 Å². The summed E-state index contributed by atoms with van der Waals surface area (Å²) in [6, 6.07) is 4.20. The maximum Gasteiger partial charge on any atom is 0.146 e. The van der Waals surface area contributed by atoms with Crippen LogP contribution in [0.3, 0.4) is 0 Å². The number of aromatic nitrogens is 3. The smallest absolute Gasteiger partial charge is 0.146 e. The van der Waals surface area contributed by atoms with Crippen LogP contribution in [-0.2, 0) is 6.54 Å². The zero-order valence-electron chi connectivity index (χ0n) is 10.3. The van der Waals surface area contributed by atoms with Crippen LogP contribution in [0.25, 0.3) is 11.0 Å². The number of thiophene rings is 1. The summed E-state index contributed by atoms with van der Waals surface area (Å²) >= 11 is 1.75. The maximum atomic E-state index is 5.95. The molecule has 3 rings (SSSR count). The van der Waals surface area contributed by atoms with Gasteiger partial charge in [0, 0.05) is 10.6 Å². The van der Waals surface area contributed by atoms with Gasteiger partial charge in [-0.1, -0.05) is 6.07 Å². The van der Waals surface area contributed by atoms with Gasteiger partial charge in [-0.2, -0.15) is 0 Å². The van der Waals surface area contributed by atoms with Crippen molar-refractivity contribution in [3.8, 4) is 0 Å². The van der Waals surface area contributed by atoms with E-state index in [2.05, 4.69) is 45.9 Å². The summed E-state index contributed by atoms with van der Waals surface area (Å²) in [6.07, 6.45) is 1.53. The Balaban J connectivity index is 2.23. The van der Waals surface area contributed by atoms with Crippen LogP contribution < -0.4 is 5.73 Å². The monoisotopic (exact) mass is 258 g/mol. The lowest BCUT2D eigenvalue weighted by atomic mass is 10.2. The Morgan fingerprint density at radius 1 is 1.33 bits per heavy atom. The van der Waals surface area contributed by atoms with Gasteiger partial charge >= 0.3 is 0 Å². The van der Waals surface area contributed by atoms with Gasteiger partial charge in [0.05, 0.1) is 11.9 Å². The summed E-state index contributed by atoms with van der Waals surface area (Å²) in [5, 5.41) is 3.07. The topological polar surface area (TPSA) is 56.7 Å². The second-order valence-electron chi connectivity index (χ2n) is 4.33. The Labute approximate surface area is 109 Å². The first kappa shape index (κ1) is 11.2. The van der Waals surface area contributed by atoms with Crippen molar-refractivity contribution in [1.29, 1.82) is 0 Å². The summed E-state index contributed by atoms with van der Waals surface area (Å²) in [5.41, 5.74) is 9.24. The Hall–Kier alpha value is -1.88. The highest BCUT2D eigenvalue weighted by Crippen LogP contribution is 2.28. The molecule has 3 aromatic heterocycles. The average molecular weight is 258 g/mol. The van der Waals surface area contributed by atoms with E-state index in [0.717, 1.165) is 17.6 Å². The SMILES string of the molecule is Cc1c(C)n(Cc2cccs2)c2ncnc(N)c12. The molecule has 0 spiro atoms. The van der Waals surface area contributed by atoms with Crippen LogP contribution in [-0.4, -0.2) is 14.5 Å². The second kappa shape index (κ2) is 4.10. The molecule has 0 aliphatic rings. The number of fused-ring (bicyclic) bond motifs is 1. The van der Waals surface area contributed by atoms with Gasteiger partial charge in [-0.25, -0.2) is 9.97 Å². The molecule has 0 radical (unpaired) electrons. The van der Waals surface area contributed by atoms with Crippen LogP contribution in [0.2, 0.25) is 0 Å². The number of hydrogen-bond acceptors (Lipinski definition) is 4. The molecule has 0 saturated heterocycles. The fourth-order valence-electron chi connectivity index (χ4n) is 2.25. The minimum atomic E-state index is 0.561. The summed E-state index contributed by atoms with van der Waals surface area (Å²) < 4.78 is 2.20. The summed E-state index contributed by atoms with van der Waals surface area (Å²) in [7, 11) is 0. The van der Waals surface area contributed by atoms with Gasteiger partial charge in [-0.3, -0.25) is 0 Å². The van der Waals surface area contributed by atoms with Crippen molar-refractivity contribution in [1.82, 2.24) is 14.5 Å². The molecule has 4 nitrogen and oxygen atoms in total. The van der Waals surface area contributed by atoms with Crippen LogP contribution >= 0.6 is 11.3 Å². The molecule has 0 atom stereocenters. The molecule has 18 heavy (non-hydrogen) atoms. The average Bonchev–Trinajstić information content (AvgIpc) is 2.94. The number of hydrogen-bond donors (Lipinski definition) is 1. The summed E-state index contributed by atoms with van der Waals surface area (Å²) in [4.78, 5) is 9.77. The lowest BCUT2D eigenvalue weighted by Crippen LogP contribution is -2.02. The van der Waals surface area contributed by atoms with Crippen molar-refractivity contribution in [2.45, 2.75) is 20.4 Å². The normalized spacial score (nSPS) is 11.2. The first-order valence-electron chi connectivity index (χ1n) is 5.76. The van der Waals surface area contributed by atoms with Crippen molar-refractivity contribution in [3.63, 3.8) is 0 Å². The molecule has 92 valence electrons. The molecular formula is C13H14N4S. The van der Waals surface area contributed by atoms with Gasteiger partial charge in [0.25, 0.3) is 0 Å². The third kappa shape index (κ3) is 1.59. The van der Waals surface area contributed by atoms with E-state index >= 15 is 0 Å². The number of nitrogen functional groups attached to an aromatic ring is 1. The van der Waals surface area contributed by atoms with Crippen LogP contribution in [0, 0.1) is 13.8 Å². The van der Waals surface area contributed by atoms with Gasteiger partial charge in [0.15, 0.2) is 0 Å². The van der Waals surface area contributed by atoms with E-state index in [0.29, 0.717) is 5.82 Å². The Morgan fingerprint density at radius 2 is 2.17 bits per heavy atom. The molecule has 0 unspecified atom stereocenters. The molecule has 0 aliphatic carbocycles. The third-order valence-corrected chi connectivity index (χ3v) is 4.19. The lowest BCUT2D eigenvalue weighted by molar-refractivity contribution is 0.801. The minimum absolute atomic E-state index is 0.561. The fraction of sp³-hybridized carbons (Fsp3) is 0.231. The van der Waals surface area contributed by atoms with E-state index < -0.39 is 0 Å². The first-order chi connectivity index (χ1) is 8.68. The van der Waals surface area contributed by atoms with Gasteiger partial charge in [-0.15, -0.1) is 11.3 Å². The van der Waals surface area contributed by atoms with Crippen LogP contribution in [0.1, 0.15) is 16.1 Å². The Kier molecular flexibility index (Phi) is 2.56. The Morgan fingerprint density at radius 3 is 2.89 bits per heavy atom. The zero-order valence-corrected chi connectivity index (χ0v) is 11.2. The van der Waals surface area contributed by atoms with E-state index in [1.165, 1.54) is 22.5 Å². The quantitative estimate of drug-likeness (QED) is 0.769. The van der Waals surface area contributed by atoms with Crippen molar-refractivity contribution >= 4 is 28.2 Å². The molecule has 5 heteroatoms. The molecule has 0 bridgehead atoms. The highest BCUT2D eigenvalue weighted by molar-refractivity contribution is 7.09. The molecule has 3 heterocycles. The largest absolute Gasteiger partial charge is 0.383 e. The molecular weight excluding hydrogens is 244 g/mol. The van der Waals surface area contributed by atoms with Crippen molar-refractivity contribution in [2.24, 2.45) is 0 Å². The second-order valence-corrected chi connectivity index (χ2v) is 5.37. The molecule has 2 N–H and O–H groups in total. The zero-order chi connectivity index (χ0) is 12.7. The number of rotatable bonds is 2.